The minimum absolute atomic E-state index is 0.0355. The average Bonchev–Trinajstić information content (AvgIpc) is 2.94. The van der Waals surface area contributed by atoms with E-state index in [1.165, 1.54) is 23.3 Å². The number of non-ortho nitro benzene ring substituents is 1. The highest BCUT2D eigenvalue weighted by Gasteiger charge is 2.28. The second kappa shape index (κ2) is 13.0. The lowest BCUT2D eigenvalue weighted by molar-refractivity contribution is -0.384. The number of hydrogen-bond donors (Lipinski definition) is 0. The van der Waals surface area contributed by atoms with Crippen LogP contribution in [0.2, 0.25) is 0 Å². The Morgan fingerprint density at radius 1 is 0.973 bits per heavy atom. The van der Waals surface area contributed by atoms with E-state index in [9.17, 15) is 14.9 Å². The van der Waals surface area contributed by atoms with Crippen LogP contribution < -0.4 is 0 Å². The molecule has 192 valence electrons. The van der Waals surface area contributed by atoms with Crippen molar-refractivity contribution in [3.63, 3.8) is 0 Å². The second-order valence-corrected chi connectivity index (χ2v) is 9.67. The first-order chi connectivity index (χ1) is 18.0. The fourth-order valence-corrected chi connectivity index (χ4v) is 5.27. The van der Waals surface area contributed by atoms with Crippen LogP contribution >= 0.6 is 0 Å². The molecule has 0 radical (unpaired) electrons. The Kier molecular flexibility index (Phi) is 9.22. The summed E-state index contributed by atoms with van der Waals surface area (Å²) in [5, 5.41) is 10.9. The zero-order valence-corrected chi connectivity index (χ0v) is 21.2. The van der Waals surface area contributed by atoms with Crippen LogP contribution in [0.25, 0.3) is 0 Å². The average molecular weight is 498 g/mol. The van der Waals surface area contributed by atoms with E-state index < -0.39 is 4.92 Å². The van der Waals surface area contributed by atoms with Gasteiger partial charge in [0.25, 0.3) is 5.69 Å². The molecule has 1 amide bonds. The first-order valence-electron chi connectivity index (χ1n) is 13.0. The summed E-state index contributed by atoms with van der Waals surface area (Å²) in [4.78, 5) is 28.1. The number of piperidine rings is 1. The van der Waals surface area contributed by atoms with Crippen LogP contribution in [0.15, 0.2) is 97.6 Å². The molecule has 6 heteroatoms. The van der Waals surface area contributed by atoms with Crippen LogP contribution in [0.1, 0.15) is 41.9 Å². The third kappa shape index (κ3) is 7.14. The fraction of sp³-hybridized carbons (Fsp3) is 0.323. The highest BCUT2D eigenvalue weighted by molar-refractivity contribution is 5.79. The number of amides is 1. The van der Waals surface area contributed by atoms with E-state index in [-0.39, 0.29) is 24.1 Å². The van der Waals surface area contributed by atoms with E-state index in [0.717, 1.165) is 44.5 Å². The SMILES string of the molecule is C=CCN(C(=O)Cc1ccc([N+](=O)[O-])cc1)C1CCN(CCC(c2ccccc2)c2ccccc2)CC1. The van der Waals surface area contributed by atoms with E-state index in [4.69, 9.17) is 0 Å². The smallest absolute Gasteiger partial charge is 0.269 e. The normalized spacial score (nSPS) is 14.4. The molecule has 1 fully saturated rings. The summed E-state index contributed by atoms with van der Waals surface area (Å²) in [5.74, 6) is 0.404. The molecule has 1 saturated heterocycles. The predicted molar refractivity (Wildman–Crippen MR) is 148 cm³/mol. The Balaban J connectivity index is 1.33. The summed E-state index contributed by atoms with van der Waals surface area (Å²) in [6.45, 7) is 7.30. The third-order valence-electron chi connectivity index (χ3n) is 7.28. The van der Waals surface area contributed by atoms with Crippen molar-refractivity contribution in [2.24, 2.45) is 0 Å². The molecule has 4 rings (SSSR count). The zero-order valence-electron chi connectivity index (χ0n) is 21.2. The zero-order chi connectivity index (χ0) is 26.0. The monoisotopic (exact) mass is 497 g/mol. The standard InChI is InChI=1S/C31H35N3O3/c1-2-20-33(31(35)24-25-13-15-29(16-14-25)34(36)37)28-17-21-32(22-18-28)23-19-30(26-9-5-3-6-10-26)27-11-7-4-8-12-27/h2-16,28,30H,1,17-24H2. The number of benzene rings is 3. The molecule has 1 aliphatic heterocycles. The minimum Gasteiger partial charge on any atom is -0.336 e. The van der Waals surface area contributed by atoms with Gasteiger partial charge in [-0.2, -0.15) is 0 Å². The van der Waals surface area contributed by atoms with Crippen molar-refractivity contribution in [3.05, 3.63) is 124 Å². The van der Waals surface area contributed by atoms with E-state index in [1.54, 1.807) is 18.2 Å². The molecule has 0 N–H and O–H groups in total. The molecule has 0 aromatic heterocycles. The Hall–Kier alpha value is -3.77. The summed E-state index contributed by atoms with van der Waals surface area (Å²) in [6, 6.07) is 27.9. The van der Waals surface area contributed by atoms with Gasteiger partial charge in [0.2, 0.25) is 5.91 Å². The van der Waals surface area contributed by atoms with Crippen molar-refractivity contribution in [3.8, 4) is 0 Å². The van der Waals surface area contributed by atoms with Gasteiger partial charge in [-0.3, -0.25) is 14.9 Å². The van der Waals surface area contributed by atoms with Crippen LogP contribution in [-0.4, -0.2) is 52.9 Å². The van der Waals surface area contributed by atoms with Crippen molar-refractivity contribution < 1.29 is 9.72 Å². The molecular weight excluding hydrogens is 462 g/mol. The number of carbonyl (C=O) groups excluding carboxylic acids is 1. The topological polar surface area (TPSA) is 66.7 Å². The summed E-state index contributed by atoms with van der Waals surface area (Å²) < 4.78 is 0. The number of rotatable bonds is 11. The molecule has 0 unspecified atom stereocenters. The van der Waals surface area contributed by atoms with Crippen molar-refractivity contribution in [1.29, 1.82) is 0 Å². The van der Waals surface area contributed by atoms with Crippen LogP contribution in [0.5, 0.6) is 0 Å². The van der Waals surface area contributed by atoms with Gasteiger partial charge in [0.1, 0.15) is 0 Å². The number of carbonyl (C=O) groups is 1. The number of nitro benzene ring substituents is 1. The van der Waals surface area contributed by atoms with Gasteiger partial charge < -0.3 is 9.80 Å². The van der Waals surface area contributed by atoms with Crippen LogP contribution in [-0.2, 0) is 11.2 Å². The van der Waals surface area contributed by atoms with E-state index in [1.807, 2.05) is 4.90 Å². The summed E-state index contributed by atoms with van der Waals surface area (Å²) in [7, 11) is 0. The molecule has 6 nitrogen and oxygen atoms in total. The summed E-state index contributed by atoms with van der Waals surface area (Å²) in [6.07, 6.45) is 4.93. The molecular formula is C31H35N3O3. The van der Waals surface area contributed by atoms with Crippen molar-refractivity contribution >= 4 is 11.6 Å². The molecule has 3 aromatic rings. The maximum Gasteiger partial charge on any atom is 0.269 e. The molecule has 1 heterocycles. The van der Waals surface area contributed by atoms with Gasteiger partial charge in [-0.1, -0.05) is 78.9 Å². The Labute approximate surface area is 219 Å². The maximum absolute atomic E-state index is 13.2. The fourth-order valence-electron chi connectivity index (χ4n) is 5.27. The highest BCUT2D eigenvalue weighted by atomic mass is 16.6. The molecule has 37 heavy (non-hydrogen) atoms. The van der Waals surface area contributed by atoms with Gasteiger partial charge in [-0.25, -0.2) is 0 Å². The molecule has 0 aliphatic carbocycles. The van der Waals surface area contributed by atoms with Crippen LogP contribution in [0, 0.1) is 10.1 Å². The number of hydrogen-bond acceptors (Lipinski definition) is 4. The minimum atomic E-state index is -0.425. The maximum atomic E-state index is 13.2. The molecule has 0 spiro atoms. The van der Waals surface area contributed by atoms with Crippen LogP contribution in [0.4, 0.5) is 5.69 Å². The van der Waals surface area contributed by atoms with Crippen LogP contribution in [0.3, 0.4) is 0 Å². The number of nitrogens with zero attached hydrogens (tertiary/aromatic N) is 3. The molecule has 0 bridgehead atoms. The largest absolute Gasteiger partial charge is 0.336 e. The van der Waals surface area contributed by atoms with Gasteiger partial charge in [0, 0.05) is 43.7 Å². The lowest BCUT2D eigenvalue weighted by Crippen LogP contribution is -2.48. The third-order valence-corrected chi connectivity index (χ3v) is 7.28. The van der Waals surface area contributed by atoms with Gasteiger partial charge >= 0.3 is 0 Å². The molecule has 1 aliphatic rings. The Morgan fingerprint density at radius 2 is 1.54 bits per heavy atom. The Bertz CT molecular complexity index is 1120. The lowest BCUT2D eigenvalue weighted by atomic mass is 9.88. The van der Waals surface area contributed by atoms with E-state index in [0.29, 0.717) is 12.5 Å². The summed E-state index contributed by atoms with van der Waals surface area (Å²) in [5.41, 5.74) is 3.51. The Morgan fingerprint density at radius 3 is 2.05 bits per heavy atom. The van der Waals surface area contributed by atoms with Crippen molar-refractivity contribution in [2.75, 3.05) is 26.2 Å². The van der Waals surface area contributed by atoms with Gasteiger partial charge in [0.05, 0.1) is 11.3 Å². The lowest BCUT2D eigenvalue weighted by Gasteiger charge is -2.38. The predicted octanol–water partition coefficient (Wildman–Crippen LogP) is 5.84. The van der Waals surface area contributed by atoms with Gasteiger partial charge in [-0.15, -0.1) is 6.58 Å². The molecule has 0 atom stereocenters. The second-order valence-electron chi connectivity index (χ2n) is 9.67. The first-order valence-corrected chi connectivity index (χ1v) is 13.0. The molecule has 3 aromatic carbocycles. The van der Waals surface area contributed by atoms with E-state index >= 15 is 0 Å². The molecule has 0 saturated carbocycles. The number of likely N-dealkylation sites (tertiary alicyclic amines) is 1. The highest BCUT2D eigenvalue weighted by Crippen LogP contribution is 2.29. The summed E-state index contributed by atoms with van der Waals surface area (Å²) >= 11 is 0. The van der Waals surface area contributed by atoms with Crippen molar-refractivity contribution in [1.82, 2.24) is 9.80 Å². The van der Waals surface area contributed by atoms with E-state index in [2.05, 4.69) is 72.1 Å². The quantitative estimate of drug-likeness (QED) is 0.190. The first kappa shape index (κ1) is 26.3. The number of nitro groups is 1. The van der Waals surface area contributed by atoms with Gasteiger partial charge in [-0.05, 0) is 42.5 Å². The van der Waals surface area contributed by atoms with Crippen molar-refractivity contribution in [2.45, 2.75) is 37.6 Å². The van der Waals surface area contributed by atoms with Gasteiger partial charge in [0.15, 0.2) is 0 Å².